The second-order valence-corrected chi connectivity index (χ2v) is 16.7. The summed E-state index contributed by atoms with van der Waals surface area (Å²) < 4.78 is 0. The van der Waals surface area contributed by atoms with Gasteiger partial charge >= 0.3 is 0 Å². The molecule has 0 saturated heterocycles. The molecular formula is C49H95NO4. The number of hydrogen-bond donors (Lipinski definition) is 4. The summed E-state index contributed by atoms with van der Waals surface area (Å²) in [4.78, 5) is 12.5. The minimum atomic E-state index is -1.10. The third-order valence-electron chi connectivity index (χ3n) is 11.3. The fourth-order valence-electron chi connectivity index (χ4n) is 7.50. The summed E-state index contributed by atoms with van der Waals surface area (Å²) in [5, 5.41) is 33.1. The second-order valence-electron chi connectivity index (χ2n) is 16.7. The second kappa shape index (κ2) is 44.5. The molecule has 54 heavy (non-hydrogen) atoms. The standard InChI is InChI=1S/C49H95NO4/c1-3-5-7-9-11-13-15-17-18-19-20-21-22-23-24-25-26-27-28-29-30-32-34-36-38-40-42-44-48(53)49(54)50-46(45-51)47(52)43-41-39-37-35-33-31-16-14-12-10-8-6-4-2/h33,35,41,43,46-48,51-53H,3-32,34,36-40,42,44-45H2,1-2H3,(H,50,54)/b35-33+,43-41+. The van der Waals surface area contributed by atoms with Crippen molar-refractivity contribution < 1.29 is 20.1 Å². The van der Waals surface area contributed by atoms with Crippen LogP contribution in [0.5, 0.6) is 0 Å². The van der Waals surface area contributed by atoms with Crippen molar-refractivity contribution in [1.82, 2.24) is 5.32 Å². The van der Waals surface area contributed by atoms with Gasteiger partial charge in [0.2, 0.25) is 5.91 Å². The van der Waals surface area contributed by atoms with Gasteiger partial charge in [0.1, 0.15) is 6.10 Å². The number of aliphatic hydroxyl groups excluding tert-OH is 3. The monoisotopic (exact) mass is 762 g/mol. The highest BCUT2D eigenvalue weighted by Crippen LogP contribution is 2.17. The van der Waals surface area contributed by atoms with Crippen LogP contribution in [0.4, 0.5) is 0 Å². The summed E-state index contributed by atoms with van der Waals surface area (Å²) in [5.74, 6) is -0.510. The van der Waals surface area contributed by atoms with Crippen molar-refractivity contribution in [3.05, 3.63) is 24.3 Å². The number of unbranched alkanes of at least 4 members (excludes halogenated alkanes) is 34. The van der Waals surface area contributed by atoms with Crippen LogP contribution in [0.2, 0.25) is 0 Å². The summed E-state index contributed by atoms with van der Waals surface area (Å²) in [5.41, 5.74) is 0. The van der Waals surface area contributed by atoms with Crippen molar-refractivity contribution in [2.24, 2.45) is 0 Å². The lowest BCUT2D eigenvalue weighted by Gasteiger charge is -2.21. The van der Waals surface area contributed by atoms with Gasteiger partial charge in [-0.1, -0.05) is 250 Å². The SMILES string of the molecule is CCCCCCCCC/C=C/CC/C=C/C(O)C(CO)NC(=O)C(O)CCCCCCCCCCCCCCCCCCCCCCCCCCCCC. The molecule has 0 bridgehead atoms. The van der Waals surface area contributed by atoms with Gasteiger partial charge in [0.15, 0.2) is 0 Å². The molecule has 1 amide bonds. The maximum absolute atomic E-state index is 12.5. The number of carbonyl (C=O) groups excluding carboxylic acids is 1. The first kappa shape index (κ1) is 52.8. The lowest BCUT2D eigenvalue weighted by atomic mass is 10.0. The van der Waals surface area contributed by atoms with E-state index in [1.54, 1.807) is 6.08 Å². The molecule has 5 nitrogen and oxygen atoms in total. The molecule has 3 atom stereocenters. The molecule has 0 rings (SSSR count). The van der Waals surface area contributed by atoms with Crippen LogP contribution >= 0.6 is 0 Å². The molecule has 0 aliphatic heterocycles. The van der Waals surface area contributed by atoms with Crippen LogP contribution in [0.3, 0.4) is 0 Å². The van der Waals surface area contributed by atoms with Crippen LogP contribution in [-0.4, -0.2) is 46.1 Å². The van der Waals surface area contributed by atoms with Crippen molar-refractivity contribution >= 4 is 5.91 Å². The highest BCUT2D eigenvalue weighted by Gasteiger charge is 2.22. The van der Waals surface area contributed by atoms with E-state index < -0.39 is 24.2 Å². The Morgan fingerprint density at radius 1 is 0.444 bits per heavy atom. The average Bonchev–Trinajstić information content (AvgIpc) is 3.18. The zero-order valence-corrected chi connectivity index (χ0v) is 36.4. The van der Waals surface area contributed by atoms with E-state index >= 15 is 0 Å². The molecule has 0 saturated carbocycles. The number of rotatable bonds is 44. The van der Waals surface area contributed by atoms with Gasteiger partial charge in [-0.25, -0.2) is 0 Å². The largest absolute Gasteiger partial charge is 0.394 e. The molecule has 0 aliphatic rings. The first-order valence-corrected chi connectivity index (χ1v) is 24.2. The number of nitrogens with one attached hydrogen (secondary N) is 1. The van der Waals surface area contributed by atoms with Crippen molar-refractivity contribution in [3.8, 4) is 0 Å². The molecule has 0 aliphatic carbocycles. The topological polar surface area (TPSA) is 89.8 Å². The van der Waals surface area contributed by atoms with E-state index in [1.165, 1.54) is 199 Å². The highest BCUT2D eigenvalue weighted by molar-refractivity contribution is 5.80. The summed E-state index contributed by atoms with van der Waals surface area (Å²) in [6.07, 6.45) is 55.2. The van der Waals surface area contributed by atoms with Crippen LogP contribution < -0.4 is 5.32 Å². The van der Waals surface area contributed by atoms with Gasteiger partial charge in [0.05, 0.1) is 18.8 Å². The lowest BCUT2D eigenvalue weighted by molar-refractivity contribution is -0.131. The average molecular weight is 762 g/mol. The highest BCUT2D eigenvalue weighted by atomic mass is 16.3. The minimum absolute atomic E-state index is 0.373. The van der Waals surface area contributed by atoms with E-state index in [0.717, 1.165) is 38.5 Å². The molecule has 0 heterocycles. The summed E-state index contributed by atoms with van der Waals surface area (Å²) in [6.45, 7) is 4.17. The molecule has 320 valence electrons. The van der Waals surface area contributed by atoms with Crippen molar-refractivity contribution in [3.63, 3.8) is 0 Å². The minimum Gasteiger partial charge on any atom is -0.394 e. The van der Waals surface area contributed by atoms with Crippen molar-refractivity contribution in [2.75, 3.05) is 6.61 Å². The van der Waals surface area contributed by atoms with Crippen LogP contribution in [0.1, 0.15) is 258 Å². The fraction of sp³-hybridized carbons (Fsp3) is 0.898. The molecule has 0 aromatic carbocycles. The molecule has 0 aromatic heterocycles. The maximum Gasteiger partial charge on any atom is 0.249 e. The molecule has 0 fully saturated rings. The fourth-order valence-corrected chi connectivity index (χ4v) is 7.50. The number of allylic oxidation sites excluding steroid dienone is 3. The number of aliphatic hydroxyl groups is 3. The molecular weight excluding hydrogens is 667 g/mol. The van der Waals surface area contributed by atoms with Crippen LogP contribution in [-0.2, 0) is 4.79 Å². The van der Waals surface area contributed by atoms with Gasteiger partial charge in [-0.05, 0) is 32.1 Å². The molecule has 0 radical (unpaired) electrons. The van der Waals surface area contributed by atoms with Gasteiger partial charge in [-0.3, -0.25) is 4.79 Å². The quantitative estimate of drug-likeness (QED) is 0.0368. The van der Waals surface area contributed by atoms with Crippen LogP contribution in [0.15, 0.2) is 24.3 Å². The Hall–Kier alpha value is -1.17. The normalized spacial score (nSPS) is 13.6. The van der Waals surface area contributed by atoms with Gasteiger partial charge in [-0.15, -0.1) is 0 Å². The predicted octanol–water partition coefficient (Wildman–Crippen LogP) is 14.2. The Bertz CT molecular complexity index is 799. The van der Waals surface area contributed by atoms with Gasteiger partial charge in [0, 0.05) is 0 Å². The molecule has 0 spiro atoms. The van der Waals surface area contributed by atoms with Gasteiger partial charge in [-0.2, -0.15) is 0 Å². The number of carbonyl (C=O) groups is 1. The zero-order valence-electron chi connectivity index (χ0n) is 36.4. The van der Waals surface area contributed by atoms with E-state index in [0.29, 0.717) is 6.42 Å². The van der Waals surface area contributed by atoms with E-state index in [2.05, 4.69) is 31.3 Å². The first-order chi connectivity index (χ1) is 26.6. The van der Waals surface area contributed by atoms with Crippen LogP contribution in [0, 0.1) is 0 Å². The number of amides is 1. The Morgan fingerprint density at radius 2 is 0.759 bits per heavy atom. The summed E-state index contributed by atoms with van der Waals surface area (Å²) in [6, 6.07) is -0.810. The van der Waals surface area contributed by atoms with E-state index in [1.807, 2.05) is 6.08 Å². The molecule has 4 N–H and O–H groups in total. The molecule has 0 aromatic rings. The van der Waals surface area contributed by atoms with E-state index in [4.69, 9.17) is 0 Å². The maximum atomic E-state index is 12.5. The molecule has 5 heteroatoms. The van der Waals surface area contributed by atoms with Gasteiger partial charge < -0.3 is 20.6 Å². The Balaban J connectivity index is 3.55. The Kier molecular flexibility index (Phi) is 43.6. The summed E-state index contributed by atoms with van der Waals surface area (Å²) >= 11 is 0. The van der Waals surface area contributed by atoms with Crippen molar-refractivity contribution in [1.29, 1.82) is 0 Å². The lowest BCUT2D eigenvalue weighted by Crippen LogP contribution is -2.48. The van der Waals surface area contributed by atoms with E-state index in [9.17, 15) is 20.1 Å². The summed E-state index contributed by atoms with van der Waals surface area (Å²) in [7, 11) is 0. The predicted molar refractivity (Wildman–Crippen MR) is 236 cm³/mol. The zero-order chi connectivity index (χ0) is 39.4. The third-order valence-corrected chi connectivity index (χ3v) is 11.3. The third kappa shape index (κ3) is 39.1. The Morgan fingerprint density at radius 3 is 1.13 bits per heavy atom. The van der Waals surface area contributed by atoms with Crippen LogP contribution in [0.25, 0.3) is 0 Å². The molecule has 3 unspecified atom stereocenters. The van der Waals surface area contributed by atoms with Crippen molar-refractivity contribution in [2.45, 2.75) is 276 Å². The Labute approximate surface area is 337 Å². The van der Waals surface area contributed by atoms with Gasteiger partial charge in [0.25, 0.3) is 0 Å². The first-order valence-electron chi connectivity index (χ1n) is 24.2. The smallest absolute Gasteiger partial charge is 0.249 e. The van der Waals surface area contributed by atoms with E-state index in [-0.39, 0.29) is 6.61 Å². The number of hydrogen-bond acceptors (Lipinski definition) is 4.